The lowest BCUT2D eigenvalue weighted by Crippen LogP contribution is -2.11. The monoisotopic (exact) mass is 453 g/mol. The fraction of sp³-hybridized carbons (Fsp3) is 0.148. The van der Waals surface area contributed by atoms with Crippen molar-refractivity contribution in [1.29, 1.82) is 0 Å². The number of hydrogen-bond acceptors (Lipinski definition) is 4. The van der Waals surface area contributed by atoms with E-state index in [0.29, 0.717) is 23.3 Å². The van der Waals surface area contributed by atoms with Crippen LogP contribution in [0.3, 0.4) is 0 Å². The van der Waals surface area contributed by atoms with E-state index in [-0.39, 0.29) is 11.4 Å². The van der Waals surface area contributed by atoms with Crippen LogP contribution in [0.5, 0.6) is 0 Å². The van der Waals surface area contributed by atoms with Crippen molar-refractivity contribution in [2.24, 2.45) is 0 Å². The van der Waals surface area contributed by atoms with E-state index in [1.165, 1.54) is 6.07 Å². The number of nitrogens with one attached hydrogen (secondary N) is 3. The maximum atomic E-state index is 14.8. The summed E-state index contributed by atoms with van der Waals surface area (Å²) >= 11 is 0. The summed E-state index contributed by atoms with van der Waals surface area (Å²) in [6.45, 7) is 6.10. The van der Waals surface area contributed by atoms with Gasteiger partial charge in [-0.1, -0.05) is 50.3 Å². The Kier molecular flexibility index (Phi) is 5.67. The van der Waals surface area contributed by atoms with Gasteiger partial charge in [0.25, 0.3) is 5.56 Å². The van der Waals surface area contributed by atoms with Gasteiger partial charge in [-0.2, -0.15) is 5.10 Å². The summed E-state index contributed by atoms with van der Waals surface area (Å²) in [7, 11) is 0. The standard InChI is InChI=1S/C27H24FN5O/c1-3-6-16(2)29-27-30-23-12-10-18(15-25(23)31-27)21-13-17(9-11-22(21)28)14-24-19-7-4-5-8-20(19)26(34)33-32-24/h4-5,7-13,15H,2-3,6,14H2,1H3,(H,33,34)(H2,29,30,31). The van der Waals surface area contributed by atoms with E-state index in [0.717, 1.165) is 51.8 Å². The fourth-order valence-electron chi connectivity index (χ4n) is 4.17. The fourth-order valence-corrected chi connectivity index (χ4v) is 4.17. The molecule has 34 heavy (non-hydrogen) atoms. The van der Waals surface area contributed by atoms with Crippen molar-refractivity contribution >= 4 is 27.8 Å². The lowest BCUT2D eigenvalue weighted by Gasteiger charge is -2.09. The molecule has 5 rings (SSSR count). The number of aromatic nitrogens is 4. The summed E-state index contributed by atoms with van der Waals surface area (Å²) in [5.74, 6) is 0.309. The Morgan fingerprint density at radius 1 is 1.09 bits per heavy atom. The van der Waals surface area contributed by atoms with Crippen LogP contribution in [0.4, 0.5) is 10.3 Å². The molecule has 0 fully saturated rings. The molecule has 0 atom stereocenters. The predicted octanol–water partition coefficient (Wildman–Crippen LogP) is 5.92. The molecule has 170 valence electrons. The zero-order valence-electron chi connectivity index (χ0n) is 18.8. The highest BCUT2D eigenvalue weighted by atomic mass is 19.1. The molecule has 0 bridgehead atoms. The molecule has 0 amide bonds. The van der Waals surface area contributed by atoms with Crippen LogP contribution in [0.15, 0.2) is 77.7 Å². The maximum Gasteiger partial charge on any atom is 0.272 e. The Hall–Kier alpha value is -4.26. The molecule has 6 nitrogen and oxygen atoms in total. The van der Waals surface area contributed by atoms with Crippen LogP contribution in [-0.2, 0) is 6.42 Å². The Balaban J connectivity index is 1.48. The first-order valence-electron chi connectivity index (χ1n) is 11.2. The number of rotatable bonds is 7. The number of aromatic amines is 2. The average molecular weight is 454 g/mol. The summed E-state index contributed by atoms with van der Waals surface area (Å²) in [4.78, 5) is 19.9. The lowest BCUT2D eigenvalue weighted by atomic mass is 9.98. The van der Waals surface area contributed by atoms with E-state index in [2.05, 4.69) is 39.0 Å². The van der Waals surface area contributed by atoms with Gasteiger partial charge < -0.3 is 10.3 Å². The van der Waals surface area contributed by atoms with Crippen molar-refractivity contribution in [2.45, 2.75) is 26.2 Å². The Morgan fingerprint density at radius 2 is 1.91 bits per heavy atom. The summed E-state index contributed by atoms with van der Waals surface area (Å²) in [6.07, 6.45) is 2.32. The van der Waals surface area contributed by atoms with Gasteiger partial charge in [0.1, 0.15) is 5.82 Å². The third-order valence-corrected chi connectivity index (χ3v) is 5.82. The predicted molar refractivity (Wildman–Crippen MR) is 134 cm³/mol. The van der Waals surface area contributed by atoms with Gasteiger partial charge in [0.2, 0.25) is 5.95 Å². The van der Waals surface area contributed by atoms with E-state index in [1.807, 2.05) is 42.5 Å². The van der Waals surface area contributed by atoms with Crippen LogP contribution in [0.1, 0.15) is 31.0 Å². The number of benzene rings is 3. The van der Waals surface area contributed by atoms with Gasteiger partial charge in [-0.25, -0.2) is 14.5 Å². The van der Waals surface area contributed by atoms with Crippen molar-refractivity contribution in [1.82, 2.24) is 20.2 Å². The smallest absolute Gasteiger partial charge is 0.272 e. The van der Waals surface area contributed by atoms with Gasteiger partial charge in [-0.3, -0.25) is 4.79 Å². The molecule has 3 aromatic carbocycles. The number of halogens is 1. The largest absolute Gasteiger partial charge is 0.330 e. The van der Waals surface area contributed by atoms with Crippen LogP contribution in [0, 0.1) is 5.82 Å². The molecular formula is C27H24FN5O. The van der Waals surface area contributed by atoms with Crippen LogP contribution < -0.4 is 10.9 Å². The first kappa shape index (κ1) is 21.6. The molecule has 0 radical (unpaired) electrons. The number of anilines is 1. The van der Waals surface area contributed by atoms with Crippen molar-refractivity contribution in [3.8, 4) is 11.1 Å². The third-order valence-electron chi connectivity index (χ3n) is 5.82. The first-order chi connectivity index (χ1) is 16.5. The third kappa shape index (κ3) is 4.20. The highest BCUT2D eigenvalue weighted by Crippen LogP contribution is 2.29. The minimum Gasteiger partial charge on any atom is -0.330 e. The lowest BCUT2D eigenvalue weighted by molar-refractivity contribution is 0.630. The number of fused-ring (bicyclic) bond motifs is 2. The van der Waals surface area contributed by atoms with Crippen molar-refractivity contribution in [3.05, 3.63) is 100 Å². The van der Waals surface area contributed by atoms with Crippen molar-refractivity contribution in [2.75, 3.05) is 5.32 Å². The minimum absolute atomic E-state index is 0.224. The van der Waals surface area contributed by atoms with Crippen molar-refractivity contribution < 1.29 is 4.39 Å². The Morgan fingerprint density at radius 3 is 2.74 bits per heavy atom. The van der Waals surface area contributed by atoms with E-state index in [9.17, 15) is 9.18 Å². The molecule has 0 saturated heterocycles. The number of allylic oxidation sites excluding steroid dienone is 1. The second-order valence-corrected chi connectivity index (χ2v) is 8.33. The van der Waals surface area contributed by atoms with Gasteiger partial charge in [0, 0.05) is 23.1 Å². The summed E-state index contributed by atoms with van der Waals surface area (Å²) in [5, 5.41) is 11.4. The summed E-state index contributed by atoms with van der Waals surface area (Å²) < 4.78 is 14.8. The maximum absolute atomic E-state index is 14.8. The van der Waals surface area contributed by atoms with Gasteiger partial charge in [-0.05, 0) is 47.9 Å². The molecular weight excluding hydrogens is 429 g/mol. The zero-order chi connectivity index (χ0) is 23.7. The molecule has 3 N–H and O–H groups in total. The van der Waals surface area contributed by atoms with Gasteiger partial charge >= 0.3 is 0 Å². The van der Waals surface area contributed by atoms with Gasteiger partial charge in [0.05, 0.1) is 22.1 Å². The van der Waals surface area contributed by atoms with Gasteiger partial charge in [-0.15, -0.1) is 0 Å². The van der Waals surface area contributed by atoms with Crippen LogP contribution in [-0.4, -0.2) is 20.2 Å². The highest BCUT2D eigenvalue weighted by Gasteiger charge is 2.12. The summed E-state index contributed by atoms with van der Waals surface area (Å²) in [5.41, 5.74) is 5.11. The topological polar surface area (TPSA) is 86.5 Å². The second kappa shape index (κ2) is 8.94. The van der Waals surface area contributed by atoms with E-state index >= 15 is 0 Å². The molecule has 7 heteroatoms. The molecule has 0 aliphatic heterocycles. The molecule has 0 unspecified atom stereocenters. The second-order valence-electron chi connectivity index (χ2n) is 8.33. The number of H-pyrrole nitrogens is 2. The first-order valence-corrected chi connectivity index (χ1v) is 11.2. The Bertz CT molecular complexity index is 1580. The quantitative estimate of drug-likeness (QED) is 0.285. The van der Waals surface area contributed by atoms with Crippen LogP contribution in [0.2, 0.25) is 0 Å². The number of imidazole rings is 1. The Labute approximate surface area is 195 Å². The SMILES string of the molecule is C=C(CCC)Nc1nc2cc(-c3cc(Cc4n[nH]c(=O)c5ccccc45)ccc3F)ccc2[nH]1. The zero-order valence-corrected chi connectivity index (χ0v) is 18.8. The normalized spacial score (nSPS) is 11.2. The number of hydrogen-bond donors (Lipinski definition) is 3. The molecule has 2 aromatic heterocycles. The minimum atomic E-state index is -0.312. The van der Waals surface area contributed by atoms with Crippen LogP contribution >= 0.6 is 0 Å². The molecule has 0 aliphatic carbocycles. The molecule has 0 saturated carbocycles. The van der Waals surface area contributed by atoms with Crippen molar-refractivity contribution in [3.63, 3.8) is 0 Å². The van der Waals surface area contributed by atoms with Crippen LogP contribution in [0.25, 0.3) is 32.9 Å². The van der Waals surface area contributed by atoms with E-state index in [1.54, 1.807) is 12.1 Å². The highest BCUT2D eigenvalue weighted by molar-refractivity contribution is 5.85. The molecule has 0 aliphatic rings. The number of nitrogens with zero attached hydrogens (tertiary/aromatic N) is 2. The molecule has 5 aromatic rings. The van der Waals surface area contributed by atoms with E-state index < -0.39 is 0 Å². The van der Waals surface area contributed by atoms with E-state index in [4.69, 9.17) is 0 Å². The molecule has 2 heterocycles. The summed E-state index contributed by atoms with van der Waals surface area (Å²) in [6, 6.07) is 18.0. The average Bonchev–Trinajstić information content (AvgIpc) is 3.23. The van der Waals surface area contributed by atoms with Gasteiger partial charge in [0.15, 0.2) is 0 Å². The molecule has 0 spiro atoms.